The Balaban J connectivity index is 1.86. The summed E-state index contributed by atoms with van der Waals surface area (Å²) in [6.45, 7) is 9.06. The maximum absolute atomic E-state index is 11.6. The number of nitrogens with zero attached hydrogens (tertiary/aromatic N) is 2. The second-order valence-corrected chi connectivity index (χ2v) is 5.93. The molecule has 1 fully saturated rings. The van der Waals surface area contributed by atoms with Gasteiger partial charge in [0.2, 0.25) is 0 Å². The van der Waals surface area contributed by atoms with E-state index in [-0.39, 0.29) is 5.69 Å². The van der Waals surface area contributed by atoms with Crippen LogP contribution in [0.5, 0.6) is 0 Å². The van der Waals surface area contributed by atoms with E-state index in [4.69, 9.17) is 0 Å². The molecule has 5 nitrogen and oxygen atoms in total. The SMILES string of the molecule is C=C(CNC(C)C)CSc1n[nH]c(=O)n1C1CC1. The van der Waals surface area contributed by atoms with E-state index >= 15 is 0 Å². The first-order chi connectivity index (χ1) is 8.58. The zero-order valence-corrected chi connectivity index (χ0v) is 11.7. The number of aromatic amines is 1. The predicted molar refractivity (Wildman–Crippen MR) is 74.1 cm³/mol. The standard InChI is InChI=1S/C12H20N4OS/c1-8(2)13-6-9(3)7-18-12-15-14-11(17)16(12)10-4-5-10/h8,10,13H,3-7H2,1-2H3,(H,14,17). The fraction of sp³-hybridized carbons (Fsp3) is 0.667. The minimum absolute atomic E-state index is 0.0917. The Hall–Kier alpha value is -1.01. The van der Waals surface area contributed by atoms with Crippen molar-refractivity contribution in [1.82, 2.24) is 20.1 Å². The maximum atomic E-state index is 11.6. The van der Waals surface area contributed by atoms with E-state index in [1.807, 2.05) is 0 Å². The summed E-state index contributed by atoms with van der Waals surface area (Å²) in [5.41, 5.74) is 1.03. The Bertz CT molecular complexity index is 473. The molecule has 6 heteroatoms. The maximum Gasteiger partial charge on any atom is 0.344 e. The fourth-order valence-corrected chi connectivity index (χ4v) is 2.53. The van der Waals surface area contributed by atoms with E-state index in [0.29, 0.717) is 12.1 Å². The van der Waals surface area contributed by atoms with Gasteiger partial charge in [-0.15, -0.1) is 5.10 Å². The van der Waals surface area contributed by atoms with Gasteiger partial charge in [0.05, 0.1) is 0 Å². The molecule has 0 saturated heterocycles. The molecule has 0 aromatic carbocycles. The van der Waals surface area contributed by atoms with Crippen LogP contribution in [0, 0.1) is 0 Å². The summed E-state index contributed by atoms with van der Waals surface area (Å²) < 4.78 is 1.77. The van der Waals surface area contributed by atoms with E-state index in [2.05, 4.69) is 35.9 Å². The summed E-state index contributed by atoms with van der Waals surface area (Å²) in [5, 5.41) is 10.7. The lowest BCUT2D eigenvalue weighted by molar-refractivity contribution is 0.622. The van der Waals surface area contributed by atoms with Gasteiger partial charge in [-0.2, -0.15) is 0 Å². The number of H-pyrrole nitrogens is 1. The van der Waals surface area contributed by atoms with Crippen LogP contribution >= 0.6 is 11.8 Å². The average molecular weight is 268 g/mol. The number of hydrogen-bond donors (Lipinski definition) is 2. The van der Waals surface area contributed by atoms with Crippen LogP contribution in [0.15, 0.2) is 22.1 Å². The molecule has 2 rings (SSSR count). The lowest BCUT2D eigenvalue weighted by atomic mass is 10.3. The van der Waals surface area contributed by atoms with Gasteiger partial charge >= 0.3 is 5.69 Å². The Morgan fingerprint density at radius 1 is 1.67 bits per heavy atom. The average Bonchev–Trinajstić information content (AvgIpc) is 3.08. The van der Waals surface area contributed by atoms with Crippen LogP contribution in [-0.4, -0.2) is 33.1 Å². The van der Waals surface area contributed by atoms with Crippen molar-refractivity contribution in [2.75, 3.05) is 12.3 Å². The summed E-state index contributed by atoms with van der Waals surface area (Å²) in [4.78, 5) is 11.6. The molecular weight excluding hydrogens is 248 g/mol. The van der Waals surface area contributed by atoms with E-state index in [0.717, 1.165) is 35.9 Å². The largest absolute Gasteiger partial charge is 0.344 e. The van der Waals surface area contributed by atoms with Crippen molar-refractivity contribution in [3.63, 3.8) is 0 Å². The van der Waals surface area contributed by atoms with Gasteiger partial charge < -0.3 is 5.32 Å². The molecule has 1 saturated carbocycles. The molecule has 0 unspecified atom stereocenters. The Kier molecular flexibility index (Phi) is 4.29. The molecule has 0 radical (unpaired) electrons. The molecule has 0 aliphatic heterocycles. The van der Waals surface area contributed by atoms with Crippen molar-refractivity contribution in [3.05, 3.63) is 22.6 Å². The lowest BCUT2D eigenvalue weighted by Crippen LogP contribution is -2.25. The quantitative estimate of drug-likeness (QED) is 0.582. The minimum atomic E-state index is -0.0917. The third-order valence-electron chi connectivity index (χ3n) is 2.75. The van der Waals surface area contributed by atoms with Crippen molar-refractivity contribution >= 4 is 11.8 Å². The van der Waals surface area contributed by atoms with Crippen LogP contribution in [0.4, 0.5) is 0 Å². The molecule has 1 aliphatic carbocycles. The molecule has 0 amide bonds. The molecule has 18 heavy (non-hydrogen) atoms. The minimum Gasteiger partial charge on any atom is -0.311 e. The van der Waals surface area contributed by atoms with Crippen molar-refractivity contribution in [2.45, 2.75) is 43.9 Å². The Morgan fingerprint density at radius 2 is 2.39 bits per heavy atom. The summed E-state index contributed by atoms with van der Waals surface area (Å²) in [6, 6.07) is 0.822. The smallest absolute Gasteiger partial charge is 0.311 e. The highest BCUT2D eigenvalue weighted by atomic mass is 32.2. The number of aromatic nitrogens is 3. The van der Waals surface area contributed by atoms with E-state index in [1.54, 1.807) is 16.3 Å². The van der Waals surface area contributed by atoms with E-state index < -0.39 is 0 Å². The Morgan fingerprint density at radius 3 is 3.00 bits per heavy atom. The van der Waals surface area contributed by atoms with E-state index in [1.165, 1.54) is 0 Å². The summed E-state index contributed by atoms with van der Waals surface area (Å²) in [6.07, 6.45) is 2.17. The zero-order chi connectivity index (χ0) is 13.1. The topological polar surface area (TPSA) is 62.7 Å². The van der Waals surface area contributed by atoms with Gasteiger partial charge in [-0.1, -0.05) is 37.8 Å². The van der Waals surface area contributed by atoms with Gasteiger partial charge in [0.15, 0.2) is 5.16 Å². The zero-order valence-electron chi connectivity index (χ0n) is 10.9. The molecule has 1 aromatic heterocycles. The highest BCUT2D eigenvalue weighted by Crippen LogP contribution is 2.36. The molecule has 2 N–H and O–H groups in total. The third kappa shape index (κ3) is 3.49. The highest BCUT2D eigenvalue weighted by Gasteiger charge is 2.28. The van der Waals surface area contributed by atoms with Crippen molar-refractivity contribution in [1.29, 1.82) is 0 Å². The first-order valence-corrected chi connectivity index (χ1v) is 7.26. The number of thioether (sulfide) groups is 1. The predicted octanol–water partition coefficient (Wildman–Crippen LogP) is 1.55. The molecule has 0 spiro atoms. The van der Waals surface area contributed by atoms with E-state index in [9.17, 15) is 4.79 Å². The molecule has 0 bridgehead atoms. The van der Waals surface area contributed by atoms with Crippen LogP contribution in [0.25, 0.3) is 0 Å². The van der Waals surface area contributed by atoms with Gasteiger partial charge in [0, 0.05) is 24.4 Å². The van der Waals surface area contributed by atoms with Crippen LogP contribution in [-0.2, 0) is 0 Å². The normalized spacial score (nSPS) is 15.3. The van der Waals surface area contributed by atoms with Gasteiger partial charge in [0.25, 0.3) is 0 Å². The number of nitrogens with one attached hydrogen (secondary N) is 2. The number of hydrogen-bond acceptors (Lipinski definition) is 4. The van der Waals surface area contributed by atoms with Crippen LogP contribution < -0.4 is 11.0 Å². The summed E-state index contributed by atoms with van der Waals surface area (Å²) in [7, 11) is 0. The van der Waals surface area contributed by atoms with Crippen molar-refractivity contribution in [3.8, 4) is 0 Å². The molecule has 100 valence electrons. The molecule has 1 aromatic rings. The first-order valence-electron chi connectivity index (χ1n) is 6.27. The second-order valence-electron chi connectivity index (χ2n) is 4.99. The first kappa shape index (κ1) is 13.4. The summed E-state index contributed by atoms with van der Waals surface area (Å²) in [5.74, 6) is 0.788. The van der Waals surface area contributed by atoms with Gasteiger partial charge in [-0.05, 0) is 12.8 Å². The van der Waals surface area contributed by atoms with Crippen LogP contribution in [0.3, 0.4) is 0 Å². The van der Waals surface area contributed by atoms with Gasteiger partial charge in [-0.25, -0.2) is 9.89 Å². The van der Waals surface area contributed by atoms with Crippen LogP contribution in [0.2, 0.25) is 0 Å². The van der Waals surface area contributed by atoms with Gasteiger partial charge in [0.1, 0.15) is 0 Å². The summed E-state index contributed by atoms with van der Waals surface area (Å²) >= 11 is 1.58. The Labute approximate surface area is 111 Å². The van der Waals surface area contributed by atoms with Gasteiger partial charge in [-0.3, -0.25) is 4.57 Å². The second kappa shape index (κ2) is 5.75. The van der Waals surface area contributed by atoms with Crippen molar-refractivity contribution < 1.29 is 0 Å². The molecule has 0 atom stereocenters. The van der Waals surface area contributed by atoms with Crippen molar-refractivity contribution in [2.24, 2.45) is 0 Å². The highest BCUT2D eigenvalue weighted by molar-refractivity contribution is 7.99. The monoisotopic (exact) mass is 268 g/mol. The van der Waals surface area contributed by atoms with Crippen LogP contribution in [0.1, 0.15) is 32.7 Å². The molecule has 1 heterocycles. The third-order valence-corrected chi connectivity index (χ3v) is 3.85. The molecular formula is C12H20N4OS. The number of rotatable bonds is 7. The molecule has 1 aliphatic rings. The fourth-order valence-electron chi connectivity index (χ4n) is 1.61. The lowest BCUT2D eigenvalue weighted by Gasteiger charge is -2.10.